The maximum absolute atomic E-state index is 5.75. The molecule has 0 spiro atoms. The molecule has 0 saturated carbocycles. The van der Waals surface area contributed by atoms with E-state index in [1.54, 1.807) is 27.4 Å². The number of hydrogen-bond acceptors (Lipinski definition) is 9. The average molecular weight is 425 g/mol. The zero-order valence-electron chi connectivity index (χ0n) is 16.6. The van der Waals surface area contributed by atoms with Crippen LogP contribution >= 0.6 is 11.8 Å². The van der Waals surface area contributed by atoms with Crippen molar-refractivity contribution in [2.45, 2.75) is 10.9 Å². The van der Waals surface area contributed by atoms with Gasteiger partial charge in [0.15, 0.2) is 5.82 Å². The predicted molar refractivity (Wildman–Crippen MR) is 111 cm³/mol. The van der Waals surface area contributed by atoms with E-state index >= 15 is 0 Å². The summed E-state index contributed by atoms with van der Waals surface area (Å²) in [5.74, 6) is 4.03. The highest BCUT2D eigenvalue weighted by molar-refractivity contribution is 7.98. The zero-order valence-corrected chi connectivity index (χ0v) is 17.4. The minimum absolute atomic E-state index is 0.434. The second-order valence-corrected chi connectivity index (χ2v) is 7.03. The van der Waals surface area contributed by atoms with Crippen LogP contribution in [-0.2, 0) is 5.75 Å². The summed E-state index contributed by atoms with van der Waals surface area (Å²) >= 11 is 1.39. The van der Waals surface area contributed by atoms with Gasteiger partial charge in [0.25, 0.3) is 0 Å². The van der Waals surface area contributed by atoms with Crippen molar-refractivity contribution in [1.82, 2.24) is 25.4 Å². The molecule has 30 heavy (non-hydrogen) atoms. The van der Waals surface area contributed by atoms with Crippen molar-refractivity contribution in [1.29, 1.82) is 0 Å². The molecule has 154 valence electrons. The Hall–Kier alpha value is -3.53. The number of aromatic nitrogens is 5. The number of thioether (sulfide) groups is 1. The lowest BCUT2D eigenvalue weighted by atomic mass is 10.2. The summed E-state index contributed by atoms with van der Waals surface area (Å²) in [4.78, 5) is 4.51. The fourth-order valence-electron chi connectivity index (χ4n) is 2.70. The van der Waals surface area contributed by atoms with Crippen LogP contribution in [-0.4, -0.2) is 46.7 Å². The quantitative estimate of drug-likeness (QED) is 0.421. The molecule has 0 aliphatic heterocycles. The van der Waals surface area contributed by atoms with E-state index < -0.39 is 0 Å². The second-order valence-electron chi connectivity index (χ2n) is 6.09. The number of aromatic amines is 1. The van der Waals surface area contributed by atoms with Gasteiger partial charge in [-0.25, -0.2) is 4.98 Å². The predicted octanol–water partition coefficient (Wildman–Crippen LogP) is 3.84. The molecule has 10 heteroatoms. The first kappa shape index (κ1) is 19.8. The molecule has 0 aliphatic rings. The Morgan fingerprint density at radius 1 is 0.900 bits per heavy atom. The van der Waals surface area contributed by atoms with Crippen LogP contribution in [0.1, 0.15) is 5.89 Å². The number of hydrogen-bond donors (Lipinski definition) is 1. The first-order valence-corrected chi connectivity index (χ1v) is 9.92. The number of ether oxygens (including phenoxy) is 3. The molecule has 0 unspecified atom stereocenters. The van der Waals surface area contributed by atoms with Gasteiger partial charge in [-0.3, -0.25) is 5.10 Å². The third kappa shape index (κ3) is 4.38. The molecule has 9 nitrogen and oxygen atoms in total. The van der Waals surface area contributed by atoms with Crippen molar-refractivity contribution < 1.29 is 18.6 Å². The SMILES string of the molecule is COc1cc(OC)cc(-c2nc(SCc3nnc(-c4cccc(OC)c4)o3)n[nH]2)c1. The number of nitrogens with zero attached hydrogens (tertiary/aromatic N) is 4. The molecule has 0 amide bonds. The summed E-state index contributed by atoms with van der Waals surface area (Å²) < 4.78 is 21.6. The number of rotatable bonds is 8. The van der Waals surface area contributed by atoms with E-state index in [0.717, 1.165) is 16.9 Å². The molecule has 0 saturated heterocycles. The number of H-pyrrole nitrogens is 1. The van der Waals surface area contributed by atoms with Gasteiger partial charge in [-0.1, -0.05) is 17.8 Å². The van der Waals surface area contributed by atoms with E-state index in [0.29, 0.717) is 40.0 Å². The first-order valence-electron chi connectivity index (χ1n) is 8.94. The van der Waals surface area contributed by atoms with Gasteiger partial charge in [-0.2, -0.15) is 0 Å². The molecule has 0 aliphatic carbocycles. The summed E-state index contributed by atoms with van der Waals surface area (Å²) in [5.41, 5.74) is 1.61. The zero-order chi connectivity index (χ0) is 20.9. The Labute approximate surface area is 176 Å². The van der Waals surface area contributed by atoms with Gasteiger partial charge in [0, 0.05) is 17.2 Å². The number of methoxy groups -OCH3 is 3. The van der Waals surface area contributed by atoms with Crippen molar-refractivity contribution in [3.8, 4) is 40.1 Å². The monoisotopic (exact) mass is 425 g/mol. The van der Waals surface area contributed by atoms with Crippen molar-refractivity contribution in [3.63, 3.8) is 0 Å². The Balaban J connectivity index is 1.45. The van der Waals surface area contributed by atoms with E-state index in [1.165, 1.54) is 11.8 Å². The van der Waals surface area contributed by atoms with Crippen LogP contribution in [0.25, 0.3) is 22.8 Å². The van der Waals surface area contributed by atoms with E-state index in [-0.39, 0.29) is 0 Å². The topological polar surface area (TPSA) is 108 Å². The lowest BCUT2D eigenvalue weighted by molar-refractivity contribution is 0.394. The number of benzene rings is 2. The second kappa shape index (κ2) is 8.87. The average Bonchev–Trinajstić information content (AvgIpc) is 3.47. The highest BCUT2D eigenvalue weighted by Crippen LogP contribution is 2.29. The summed E-state index contributed by atoms with van der Waals surface area (Å²) in [6.07, 6.45) is 0. The lowest BCUT2D eigenvalue weighted by Gasteiger charge is -2.06. The molecule has 0 radical (unpaired) electrons. The maximum Gasteiger partial charge on any atom is 0.247 e. The van der Waals surface area contributed by atoms with Crippen LogP contribution in [0.5, 0.6) is 17.2 Å². The molecule has 4 rings (SSSR count). The maximum atomic E-state index is 5.75. The standard InChI is InChI=1S/C20H19N5O4S/c1-26-14-6-4-5-12(7-14)19-24-22-17(29-19)11-30-20-21-18(23-25-20)13-8-15(27-2)10-16(9-13)28-3/h4-10H,11H2,1-3H3,(H,21,23,25). The smallest absolute Gasteiger partial charge is 0.247 e. The van der Waals surface area contributed by atoms with Crippen LogP contribution in [0, 0.1) is 0 Å². The third-order valence-corrected chi connectivity index (χ3v) is 5.03. The van der Waals surface area contributed by atoms with Crippen molar-refractivity contribution in [2.75, 3.05) is 21.3 Å². The van der Waals surface area contributed by atoms with Crippen LogP contribution in [0.4, 0.5) is 0 Å². The minimum atomic E-state index is 0.434. The molecule has 2 heterocycles. The fraction of sp³-hybridized carbons (Fsp3) is 0.200. The van der Waals surface area contributed by atoms with Gasteiger partial charge < -0.3 is 18.6 Å². The molecular formula is C20H19N5O4S. The van der Waals surface area contributed by atoms with Gasteiger partial charge in [0.05, 0.1) is 27.1 Å². The van der Waals surface area contributed by atoms with Gasteiger partial charge in [-0.05, 0) is 30.3 Å². The van der Waals surface area contributed by atoms with Gasteiger partial charge in [0.2, 0.25) is 16.9 Å². The molecule has 0 atom stereocenters. The Kier molecular flexibility index (Phi) is 5.84. The molecule has 0 bridgehead atoms. The molecule has 1 N–H and O–H groups in total. The fourth-order valence-corrected chi connectivity index (χ4v) is 3.33. The van der Waals surface area contributed by atoms with Crippen LogP contribution in [0.3, 0.4) is 0 Å². The Morgan fingerprint density at radius 3 is 2.37 bits per heavy atom. The van der Waals surface area contributed by atoms with Crippen molar-refractivity contribution in [2.24, 2.45) is 0 Å². The summed E-state index contributed by atoms with van der Waals surface area (Å²) in [6.45, 7) is 0. The normalized spacial score (nSPS) is 10.8. The third-order valence-electron chi connectivity index (χ3n) is 4.20. The van der Waals surface area contributed by atoms with Crippen LogP contribution in [0.15, 0.2) is 52.0 Å². The number of nitrogens with one attached hydrogen (secondary N) is 1. The molecular weight excluding hydrogens is 406 g/mol. The summed E-state index contributed by atoms with van der Waals surface area (Å²) in [7, 11) is 4.82. The van der Waals surface area contributed by atoms with E-state index in [9.17, 15) is 0 Å². The molecule has 2 aromatic carbocycles. The summed E-state index contributed by atoms with van der Waals surface area (Å²) in [6, 6.07) is 13.0. The van der Waals surface area contributed by atoms with Gasteiger partial charge in [0.1, 0.15) is 17.2 Å². The highest BCUT2D eigenvalue weighted by atomic mass is 32.2. The van der Waals surface area contributed by atoms with Crippen molar-refractivity contribution >= 4 is 11.8 Å². The van der Waals surface area contributed by atoms with Crippen LogP contribution < -0.4 is 14.2 Å². The molecule has 0 fully saturated rings. The highest BCUT2D eigenvalue weighted by Gasteiger charge is 2.13. The lowest BCUT2D eigenvalue weighted by Crippen LogP contribution is -1.89. The van der Waals surface area contributed by atoms with Crippen molar-refractivity contribution in [3.05, 3.63) is 48.4 Å². The summed E-state index contributed by atoms with van der Waals surface area (Å²) in [5, 5.41) is 15.9. The largest absolute Gasteiger partial charge is 0.497 e. The van der Waals surface area contributed by atoms with E-state index in [1.807, 2.05) is 36.4 Å². The Morgan fingerprint density at radius 2 is 1.63 bits per heavy atom. The van der Waals surface area contributed by atoms with Gasteiger partial charge in [-0.15, -0.1) is 15.3 Å². The minimum Gasteiger partial charge on any atom is -0.497 e. The van der Waals surface area contributed by atoms with Gasteiger partial charge >= 0.3 is 0 Å². The Bertz CT molecular complexity index is 1120. The van der Waals surface area contributed by atoms with Crippen LogP contribution in [0.2, 0.25) is 0 Å². The van der Waals surface area contributed by atoms with E-state index in [2.05, 4.69) is 25.4 Å². The molecule has 2 aromatic heterocycles. The molecule has 4 aromatic rings. The first-order chi connectivity index (χ1) is 14.7. The van der Waals surface area contributed by atoms with E-state index in [4.69, 9.17) is 18.6 Å².